The maximum Gasteiger partial charge on any atom is 0.326 e. The number of hydrogen-bond donors (Lipinski definition) is 2. The Morgan fingerprint density at radius 2 is 1.86 bits per heavy atom. The number of aliphatic carboxylic acids is 1. The number of carbonyl (C=O) groups excluding carboxylic acids is 1. The molecule has 1 aliphatic heterocycles. The Morgan fingerprint density at radius 1 is 1.33 bits per heavy atom. The highest BCUT2D eigenvalue weighted by Crippen LogP contribution is 2.20. The first-order valence-electron chi connectivity index (χ1n) is 7.54. The third-order valence-electron chi connectivity index (χ3n) is 4.10. The fourth-order valence-corrected chi connectivity index (χ4v) is 2.60. The Labute approximate surface area is 127 Å². The number of nitrogens with one attached hydrogen (secondary N) is 1. The van der Waals surface area contributed by atoms with E-state index in [-0.39, 0.29) is 6.03 Å². The lowest BCUT2D eigenvalue weighted by molar-refractivity contribution is -0.142. The van der Waals surface area contributed by atoms with Gasteiger partial charge in [0.25, 0.3) is 0 Å². The minimum Gasteiger partial charge on any atom is -0.480 e. The van der Waals surface area contributed by atoms with Gasteiger partial charge in [-0.05, 0) is 44.3 Å². The number of piperidine rings is 1. The summed E-state index contributed by atoms with van der Waals surface area (Å²) in [5.74, 6) is -0.501. The lowest BCUT2D eigenvalue weighted by Gasteiger charge is -2.33. The van der Waals surface area contributed by atoms with Crippen molar-refractivity contribution in [2.75, 3.05) is 33.7 Å². The van der Waals surface area contributed by atoms with Gasteiger partial charge < -0.3 is 20.2 Å². The Balaban J connectivity index is 2.52. The molecule has 0 spiro atoms. The van der Waals surface area contributed by atoms with Crippen molar-refractivity contribution in [3.8, 4) is 0 Å². The van der Waals surface area contributed by atoms with E-state index in [1.165, 1.54) is 0 Å². The number of carboxylic acids is 1. The summed E-state index contributed by atoms with van der Waals surface area (Å²) in [7, 11) is 3.84. The zero-order valence-corrected chi connectivity index (χ0v) is 13.8. The molecule has 1 heterocycles. The Hall–Kier alpha value is -1.30. The number of rotatable bonds is 4. The third-order valence-corrected chi connectivity index (χ3v) is 4.10. The van der Waals surface area contributed by atoms with E-state index in [4.69, 9.17) is 0 Å². The number of amides is 2. The number of urea groups is 1. The van der Waals surface area contributed by atoms with E-state index in [9.17, 15) is 14.7 Å². The van der Waals surface area contributed by atoms with E-state index in [1.54, 1.807) is 11.9 Å². The molecule has 2 amide bonds. The number of nitrogens with zero attached hydrogens (tertiary/aromatic N) is 2. The summed E-state index contributed by atoms with van der Waals surface area (Å²) in [6.07, 6.45) is 2.16. The van der Waals surface area contributed by atoms with Gasteiger partial charge in [0.15, 0.2) is 0 Å². The van der Waals surface area contributed by atoms with Gasteiger partial charge in [0.2, 0.25) is 0 Å². The zero-order chi connectivity index (χ0) is 16.2. The molecular formula is C15H29N3O3. The first-order chi connectivity index (χ1) is 9.61. The quantitative estimate of drug-likeness (QED) is 0.824. The summed E-state index contributed by atoms with van der Waals surface area (Å²) in [5.41, 5.74) is -0.518. The number of carbonyl (C=O) groups is 2. The lowest BCUT2D eigenvalue weighted by Crippen LogP contribution is -2.53. The molecule has 0 bridgehead atoms. The molecule has 0 aromatic rings. The van der Waals surface area contributed by atoms with Crippen LogP contribution in [-0.2, 0) is 4.79 Å². The molecule has 1 fully saturated rings. The Morgan fingerprint density at radius 3 is 2.29 bits per heavy atom. The van der Waals surface area contributed by atoms with Crippen molar-refractivity contribution in [3.63, 3.8) is 0 Å². The van der Waals surface area contributed by atoms with Crippen molar-refractivity contribution in [2.45, 2.75) is 39.7 Å². The number of likely N-dealkylation sites (tertiary alicyclic amines) is 1. The van der Waals surface area contributed by atoms with Crippen LogP contribution in [0.3, 0.4) is 0 Å². The van der Waals surface area contributed by atoms with Crippen LogP contribution in [0.5, 0.6) is 0 Å². The van der Waals surface area contributed by atoms with Gasteiger partial charge in [0, 0.05) is 13.6 Å². The van der Waals surface area contributed by atoms with Crippen molar-refractivity contribution in [2.24, 2.45) is 11.3 Å². The normalized spacial score (nSPS) is 19.1. The van der Waals surface area contributed by atoms with Crippen LogP contribution in [0.15, 0.2) is 0 Å². The smallest absolute Gasteiger partial charge is 0.326 e. The number of carboxylic acid groups (broad SMARTS) is 1. The van der Waals surface area contributed by atoms with Crippen LogP contribution in [0.4, 0.5) is 4.79 Å². The van der Waals surface area contributed by atoms with Gasteiger partial charge in [-0.3, -0.25) is 0 Å². The predicted molar refractivity (Wildman–Crippen MR) is 82.3 cm³/mol. The van der Waals surface area contributed by atoms with E-state index < -0.39 is 17.4 Å². The monoisotopic (exact) mass is 299 g/mol. The van der Waals surface area contributed by atoms with Gasteiger partial charge in [-0.25, -0.2) is 9.59 Å². The molecular weight excluding hydrogens is 270 g/mol. The molecule has 0 radical (unpaired) electrons. The summed E-state index contributed by atoms with van der Waals surface area (Å²) in [4.78, 5) is 27.4. The summed E-state index contributed by atoms with van der Waals surface area (Å²) in [6.45, 7) is 8.21. The van der Waals surface area contributed by atoms with E-state index in [0.717, 1.165) is 25.9 Å². The maximum atomic E-state index is 12.2. The van der Waals surface area contributed by atoms with Crippen LogP contribution in [-0.4, -0.2) is 66.7 Å². The first-order valence-corrected chi connectivity index (χ1v) is 7.54. The SMILES string of the molecule is CN1CCC(CN(C)C(=O)N[C@H](C(=O)O)C(C)(C)C)CC1. The summed E-state index contributed by atoms with van der Waals surface area (Å²) in [5, 5.41) is 11.9. The van der Waals surface area contributed by atoms with Crippen LogP contribution >= 0.6 is 0 Å². The van der Waals surface area contributed by atoms with Crippen molar-refractivity contribution in [1.29, 1.82) is 0 Å². The van der Waals surface area contributed by atoms with E-state index in [2.05, 4.69) is 17.3 Å². The summed E-state index contributed by atoms with van der Waals surface area (Å²) >= 11 is 0. The van der Waals surface area contributed by atoms with Crippen LogP contribution < -0.4 is 5.32 Å². The third kappa shape index (κ3) is 5.53. The summed E-state index contributed by atoms with van der Waals surface area (Å²) < 4.78 is 0. The second kappa shape index (κ2) is 7.11. The van der Waals surface area contributed by atoms with Crippen LogP contribution in [0, 0.1) is 11.3 Å². The van der Waals surface area contributed by atoms with Crippen LogP contribution in [0.2, 0.25) is 0 Å². The fraction of sp³-hybridized carbons (Fsp3) is 0.867. The minimum atomic E-state index is -0.997. The van der Waals surface area contributed by atoms with Crippen molar-refractivity contribution < 1.29 is 14.7 Å². The average molecular weight is 299 g/mol. The highest BCUT2D eigenvalue weighted by molar-refractivity contribution is 5.83. The highest BCUT2D eigenvalue weighted by atomic mass is 16.4. The summed E-state index contributed by atoms with van der Waals surface area (Å²) in [6, 6.07) is -1.19. The second-order valence-electron chi connectivity index (χ2n) is 7.21. The van der Waals surface area contributed by atoms with Gasteiger partial charge in [-0.15, -0.1) is 0 Å². The molecule has 122 valence electrons. The van der Waals surface area contributed by atoms with Crippen LogP contribution in [0.1, 0.15) is 33.6 Å². The van der Waals surface area contributed by atoms with Crippen molar-refractivity contribution in [1.82, 2.24) is 15.1 Å². The molecule has 0 unspecified atom stereocenters. The lowest BCUT2D eigenvalue weighted by atomic mass is 9.87. The highest BCUT2D eigenvalue weighted by Gasteiger charge is 2.33. The Kier molecular flexibility index (Phi) is 6.01. The molecule has 1 rings (SSSR count). The topological polar surface area (TPSA) is 72.9 Å². The fourth-order valence-electron chi connectivity index (χ4n) is 2.60. The van der Waals surface area contributed by atoms with E-state index in [1.807, 2.05) is 20.8 Å². The molecule has 6 nitrogen and oxygen atoms in total. The molecule has 1 aliphatic rings. The van der Waals surface area contributed by atoms with Gasteiger partial charge in [0.1, 0.15) is 6.04 Å². The van der Waals surface area contributed by atoms with Gasteiger partial charge in [-0.1, -0.05) is 20.8 Å². The molecule has 1 saturated heterocycles. The van der Waals surface area contributed by atoms with Crippen molar-refractivity contribution >= 4 is 12.0 Å². The molecule has 21 heavy (non-hydrogen) atoms. The van der Waals surface area contributed by atoms with Crippen LogP contribution in [0.25, 0.3) is 0 Å². The molecule has 2 N–H and O–H groups in total. The minimum absolute atomic E-state index is 0.309. The Bertz CT molecular complexity index is 371. The maximum absolute atomic E-state index is 12.2. The van der Waals surface area contributed by atoms with E-state index in [0.29, 0.717) is 12.5 Å². The average Bonchev–Trinajstić information content (AvgIpc) is 2.36. The molecule has 6 heteroatoms. The molecule has 0 saturated carbocycles. The van der Waals surface area contributed by atoms with Gasteiger partial charge in [-0.2, -0.15) is 0 Å². The largest absolute Gasteiger partial charge is 0.480 e. The zero-order valence-electron chi connectivity index (χ0n) is 13.8. The standard InChI is InChI=1S/C15H29N3O3/c1-15(2,3)12(13(19)20)16-14(21)18(5)10-11-6-8-17(4)9-7-11/h11-12H,6-10H2,1-5H3,(H,16,21)(H,19,20)/t12-/m1/s1. The molecule has 0 aromatic heterocycles. The second-order valence-corrected chi connectivity index (χ2v) is 7.21. The molecule has 0 aliphatic carbocycles. The molecule has 1 atom stereocenters. The first kappa shape index (κ1) is 17.8. The van der Waals surface area contributed by atoms with Gasteiger partial charge in [0.05, 0.1) is 0 Å². The van der Waals surface area contributed by atoms with Gasteiger partial charge >= 0.3 is 12.0 Å². The molecule has 0 aromatic carbocycles. The van der Waals surface area contributed by atoms with E-state index >= 15 is 0 Å². The van der Waals surface area contributed by atoms with Crippen molar-refractivity contribution in [3.05, 3.63) is 0 Å². The predicted octanol–water partition coefficient (Wildman–Crippen LogP) is 1.47. The number of hydrogen-bond acceptors (Lipinski definition) is 3.